The van der Waals surface area contributed by atoms with E-state index in [0.717, 1.165) is 12.2 Å². The third-order valence-electron chi connectivity index (χ3n) is 1.57. The fourth-order valence-electron chi connectivity index (χ4n) is 0.786. The maximum Gasteiger partial charge on any atom is 0.321 e. The summed E-state index contributed by atoms with van der Waals surface area (Å²) in [6.45, 7) is 1.60. The molecule has 0 fully saturated rings. The molecule has 0 saturated carbocycles. The molecule has 0 aliphatic heterocycles. The van der Waals surface area contributed by atoms with Crippen LogP contribution in [0.15, 0.2) is 35.8 Å². The minimum Gasteiger partial charge on any atom is -0.504 e. The molecule has 0 aromatic heterocycles. The second kappa shape index (κ2) is 6.28. The van der Waals surface area contributed by atoms with Crippen molar-refractivity contribution in [3.63, 3.8) is 0 Å². The van der Waals surface area contributed by atoms with Gasteiger partial charge in [0.15, 0.2) is 17.4 Å². The van der Waals surface area contributed by atoms with E-state index in [9.17, 15) is 9.59 Å². The first-order chi connectivity index (χ1) is 7.40. The smallest absolute Gasteiger partial charge is 0.321 e. The maximum absolute atomic E-state index is 10.4. The second-order valence-electron chi connectivity index (χ2n) is 2.78. The number of rotatable bonds is 5. The number of aliphatic hydroxyl groups excluding tert-OH is 2. The predicted molar refractivity (Wildman–Crippen MR) is 55.0 cm³/mol. The molecule has 0 heterocycles. The third kappa shape index (κ3) is 4.32. The maximum atomic E-state index is 10.4. The average Bonchev–Trinajstić information content (AvgIpc) is 2.16. The Morgan fingerprint density at radius 2 is 1.38 bits per heavy atom. The molecule has 0 aliphatic rings. The minimum absolute atomic E-state index is 0.478. The van der Waals surface area contributed by atoms with Crippen molar-refractivity contribution in [1.82, 2.24) is 0 Å². The van der Waals surface area contributed by atoms with Crippen LogP contribution in [0.4, 0.5) is 0 Å². The van der Waals surface area contributed by atoms with Crippen molar-refractivity contribution in [3.8, 4) is 0 Å². The van der Waals surface area contributed by atoms with Gasteiger partial charge in [-0.3, -0.25) is 9.59 Å². The lowest BCUT2D eigenvalue weighted by Crippen LogP contribution is -2.20. The van der Waals surface area contributed by atoms with Crippen molar-refractivity contribution in [3.05, 3.63) is 35.8 Å². The van der Waals surface area contributed by atoms with Gasteiger partial charge in [-0.1, -0.05) is 12.2 Å². The molecule has 4 N–H and O–H groups in total. The van der Waals surface area contributed by atoms with Crippen molar-refractivity contribution in [1.29, 1.82) is 0 Å². The standard InChI is InChI=1S/C10H12O6/c1-2-3-7(11)8(12)5-4-6(9(13)14)10(15)16/h2-6,11-12H,1H3,(H,13,14)(H,15,16). The van der Waals surface area contributed by atoms with Crippen LogP contribution in [-0.2, 0) is 9.59 Å². The van der Waals surface area contributed by atoms with Gasteiger partial charge in [-0.05, 0) is 19.1 Å². The summed E-state index contributed by atoms with van der Waals surface area (Å²) in [5.41, 5.74) is 0. The van der Waals surface area contributed by atoms with E-state index >= 15 is 0 Å². The summed E-state index contributed by atoms with van der Waals surface area (Å²) < 4.78 is 0. The van der Waals surface area contributed by atoms with Gasteiger partial charge in [0.2, 0.25) is 0 Å². The lowest BCUT2D eigenvalue weighted by Gasteiger charge is -2.00. The average molecular weight is 228 g/mol. The van der Waals surface area contributed by atoms with E-state index in [1.54, 1.807) is 6.92 Å². The topological polar surface area (TPSA) is 115 Å². The zero-order valence-corrected chi connectivity index (χ0v) is 8.49. The summed E-state index contributed by atoms with van der Waals surface area (Å²) in [6, 6.07) is 0. The fourth-order valence-corrected chi connectivity index (χ4v) is 0.786. The fraction of sp³-hybridized carbons (Fsp3) is 0.200. The Bertz CT molecular complexity index is 350. The Morgan fingerprint density at radius 3 is 1.75 bits per heavy atom. The number of carboxylic acids is 2. The van der Waals surface area contributed by atoms with Gasteiger partial charge in [0.1, 0.15) is 0 Å². The summed E-state index contributed by atoms with van der Waals surface area (Å²) >= 11 is 0. The molecular formula is C10H12O6. The van der Waals surface area contributed by atoms with E-state index in [1.807, 2.05) is 0 Å². The minimum atomic E-state index is -1.76. The summed E-state index contributed by atoms with van der Waals surface area (Å²) in [5, 5.41) is 35.3. The molecule has 0 aromatic carbocycles. The zero-order chi connectivity index (χ0) is 12.7. The molecule has 6 nitrogen and oxygen atoms in total. The van der Waals surface area contributed by atoms with Crippen molar-refractivity contribution >= 4 is 11.9 Å². The molecule has 16 heavy (non-hydrogen) atoms. The number of aliphatic hydroxyl groups is 2. The predicted octanol–water partition coefficient (Wildman–Crippen LogP) is 1.23. The van der Waals surface area contributed by atoms with E-state index in [0.29, 0.717) is 0 Å². The lowest BCUT2D eigenvalue weighted by molar-refractivity contribution is -0.151. The molecule has 0 aliphatic carbocycles. The molecule has 0 amide bonds. The van der Waals surface area contributed by atoms with Gasteiger partial charge >= 0.3 is 11.9 Å². The highest BCUT2D eigenvalue weighted by Crippen LogP contribution is 2.05. The lowest BCUT2D eigenvalue weighted by atomic mass is 10.1. The number of carboxylic acid groups (broad SMARTS) is 2. The van der Waals surface area contributed by atoms with Crippen molar-refractivity contribution < 1.29 is 30.0 Å². The number of carbonyl (C=O) groups is 2. The first kappa shape index (κ1) is 13.8. The van der Waals surface area contributed by atoms with Gasteiger partial charge in [0, 0.05) is 0 Å². The Morgan fingerprint density at radius 1 is 0.938 bits per heavy atom. The van der Waals surface area contributed by atoms with Crippen molar-refractivity contribution in [2.45, 2.75) is 6.92 Å². The summed E-state index contributed by atoms with van der Waals surface area (Å²) in [7, 11) is 0. The molecule has 0 rings (SSSR count). The zero-order valence-electron chi connectivity index (χ0n) is 8.49. The van der Waals surface area contributed by atoms with E-state index in [1.165, 1.54) is 12.2 Å². The second-order valence-corrected chi connectivity index (χ2v) is 2.78. The van der Waals surface area contributed by atoms with Gasteiger partial charge in [-0.15, -0.1) is 0 Å². The number of hydrogen-bond acceptors (Lipinski definition) is 4. The Balaban J connectivity index is 4.88. The van der Waals surface area contributed by atoms with Crippen LogP contribution in [0.25, 0.3) is 0 Å². The molecular weight excluding hydrogens is 216 g/mol. The van der Waals surface area contributed by atoms with E-state index in [4.69, 9.17) is 20.4 Å². The number of hydrogen-bond donors (Lipinski definition) is 4. The van der Waals surface area contributed by atoms with Gasteiger partial charge in [-0.2, -0.15) is 0 Å². The first-order valence-electron chi connectivity index (χ1n) is 4.28. The monoisotopic (exact) mass is 228 g/mol. The summed E-state index contributed by atoms with van der Waals surface area (Å²) in [5.74, 6) is -5.96. The van der Waals surface area contributed by atoms with E-state index < -0.39 is 29.4 Å². The molecule has 0 unspecified atom stereocenters. The van der Waals surface area contributed by atoms with E-state index in [2.05, 4.69) is 0 Å². The molecule has 0 atom stereocenters. The molecule has 0 radical (unpaired) electrons. The van der Waals surface area contributed by atoms with Crippen LogP contribution >= 0.6 is 0 Å². The van der Waals surface area contributed by atoms with Crippen molar-refractivity contribution in [2.75, 3.05) is 0 Å². The summed E-state index contributed by atoms with van der Waals surface area (Å²) in [6.07, 6.45) is 4.21. The van der Waals surface area contributed by atoms with Crippen LogP contribution in [0.2, 0.25) is 0 Å². The van der Waals surface area contributed by atoms with Crippen molar-refractivity contribution in [2.24, 2.45) is 5.92 Å². The van der Waals surface area contributed by atoms with Crippen LogP contribution in [0.1, 0.15) is 6.92 Å². The summed E-state index contributed by atoms with van der Waals surface area (Å²) in [4.78, 5) is 20.9. The highest BCUT2D eigenvalue weighted by Gasteiger charge is 2.22. The van der Waals surface area contributed by atoms with Gasteiger partial charge < -0.3 is 20.4 Å². The van der Waals surface area contributed by atoms with Crippen LogP contribution in [0.5, 0.6) is 0 Å². The third-order valence-corrected chi connectivity index (χ3v) is 1.57. The molecule has 0 aromatic rings. The first-order valence-corrected chi connectivity index (χ1v) is 4.28. The van der Waals surface area contributed by atoms with Crippen LogP contribution < -0.4 is 0 Å². The Kier molecular flexibility index (Phi) is 5.40. The largest absolute Gasteiger partial charge is 0.504 e. The SMILES string of the molecule is CC=CC(O)=C(O)C=CC(C(=O)O)C(=O)O. The molecule has 6 heteroatoms. The number of allylic oxidation sites excluding steroid dienone is 3. The Hall–Kier alpha value is -2.24. The molecule has 0 bridgehead atoms. The van der Waals surface area contributed by atoms with Gasteiger partial charge in [-0.25, -0.2) is 0 Å². The molecule has 0 spiro atoms. The molecule has 0 saturated heterocycles. The quantitative estimate of drug-likeness (QED) is 0.319. The van der Waals surface area contributed by atoms with Gasteiger partial charge in [0.25, 0.3) is 0 Å². The Labute approximate surface area is 91.5 Å². The molecule has 88 valence electrons. The van der Waals surface area contributed by atoms with Crippen LogP contribution in [0, 0.1) is 5.92 Å². The van der Waals surface area contributed by atoms with Crippen LogP contribution in [-0.4, -0.2) is 32.4 Å². The highest BCUT2D eigenvalue weighted by molar-refractivity contribution is 5.95. The van der Waals surface area contributed by atoms with E-state index in [-0.39, 0.29) is 0 Å². The van der Waals surface area contributed by atoms with Gasteiger partial charge in [0.05, 0.1) is 0 Å². The van der Waals surface area contributed by atoms with Crippen LogP contribution in [0.3, 0.4) is 0 Å². The normalized spacial score (nSPS) is 13.4. The highest BCUT2D eigenvalue weighted by atomic mass is 16.4. The number of aliphatic carboxylic acids is 2.